The minimum atomic E-state index is -3.71. The summed E-state index contributed by atoms with van der Waals surface area (Å²) in [5.74, 6) is 0.218. The van der Waals surface area contributed by atoms with E-state index in [0.717, 1.165) is 12.1 Å². The van der Waals surface area contributed by atoms with Gasteiger partial charge in [0.1, 0.15) is 11.5 Å². The minimum absolute atomic E-state index is 0.133. The van der Waals surface area contributed by atoms with Crippen molar-refractivity contribution in [1.29, 1.82) is 0 Å². The third-order valence-corrected chi connectivity index (χ3v) is 7.86. The van der Waals surface area contributed by atoms with Gasteiger partial charge in [-0.05, 0) is 38.6 Å². The molecule has 4 rings (SSSR count). The lowest BCUT2D eigenvalue weighted by atomic mass is 10.0. The lowest BCUT2D eigenvalue weighted by molar-refractivity contribution is -0.120. The zero-order valence-corrected chi connectivity index (χ0v) is 20.3. The normalized spacial score (nSPS) is 22.1. The van der Waals surface area contributed by atoms with Crippen molar-refractivity contribution in [2.24, 2.45) is 15.1 Å². The second kappa shape index (κ2) is 9.32. The molecule has 10 nitrogen and oxygen atoms in total. The Balaban J connectivity index is 1.75. The number of hydrogen-bond acceptors (Lipinski definition) is 8. The van der Waals surface area contributed by atoms with Gasteiger partial charge in [-0.2, -0.15) is 14.4 Å². The summed E-state index contributed by atoms with van der Waals surface area (Å²) in [6.45, 7) is 6.45. The topological polar surface area (TPSA) is 107 Å². The first kappa shape index (κ1) is 23.5. The molecule has 3 heterocycles. The number of ether oxygens (including phenoxy) is 1. The zero-order valence-electron chi connectivity index (χ0n) is 19.5. The number of aliphatic imine (C=N–C) groups is 2. The molecular formula is C22H30N6O4S. The molecule has 1 aromatic carbocycles. The number of piperazine rings is 1. The molecule has 1 unspecified atom stereocenters. The molecule has 3 aliphatic heterocycles. The molecule has 11 heteroatoms. The van der Waals surface area contributed by atoms with Crippen molar-refractivity contribution in [3.63, 3.8) is 0 Å². The van der Waals surface area contributed by atoms with Crippen molar-refractivity contribution in [3.05, 3.63) is 23.8 Å². The van der Waals surface area contributed by atoms with Gasteiger partial charge < -0.3 is 9.64 Å². The molecule has 0 bridgehead atoms. The van der Waals surface area contributed by atoms with Crippen LogP contribution in [0.5, 0.6) is 5.75 Å². The number of hydrazone groups is 1. The molecule has 0 saturated carbocycles. The van der Waals surface area contributed by atoms with Crippen molar-refractivity contribution in [1.82, 2.24) is 14.2 Å². The van der Waals surface area contributed by atoms with Crippen molar-refractivity contribution in [2.75, 3.05) is 46.9 Å². The van der Waals surface area contributed by atoms with E-state index >= 15 is 0 Å². The number of rotatable bonds is 7. The lowest BCUT2D eigenvalue weighted by Gasteiger charge is -2.31. The summed E-state index contributed by atoms with van der Waals surface area (Å²) in [5, 5.41) is 6.06. The molecule has 0 aliphatic carbocycles. The number of nitrogens with zero attached hydrogens (tertiary/aromatic N) is 6. The molecule has 0 aromatic heterocycles. The van der Waals surface area contributed by atoms with Gasteiger partial charge in [0.15, 0.2) is 11.9 Å². The number of carbonyl (C=O) groups excluding carboxylic acids is 1. The van der Waals surface area contributed by atoms with Gasteiger partial charge in [-0.3, -0.25) is 9.80 Å². The van der Waals surface area contributed by atoms with Crippen LogP contribution >= 0.6 is 0 Å². The van der Waals surface area contributed by atoms with E-state index in [2.05, 4.69) is 20.0 Å². The average molecular weight is 475 g/mol. The molecule has 0 radical (unpaired) electrons. The van der Waals surface area contributed by atoms with E-state index in [1.807, 2.05) is 20.9 Å². The third kappa shape index (κ3) is 4.44. The quantitative estimate of drug-likeness (QED) is 0.588. The van der Waals surface area contributed by atoms with Crippen LogP contribution < -0.4 is 4.74 Å². The van der Waals surface area contributed by atoms with Crippen molar-refractivity contribution in [2.45, 2.75) is 37.6 Å². The summed E-state index contributed by atoms with van der Waals surface area (Å²) < 4.78 is 33.9. The molecule has 1 aromatic rings. The Morgan fingerprint density at radius 1 is 1.09 bits per heavy atom. The fraction of sp³-hybridized carbons (Fsp3) is 0.545. The molecule has 1 fully saturated rings. The second-order valence-electron chi connectivity index (χ2n) is 8.34. The number of benzene rings is 1. The molecule has 33 heavy (non-hydrogen) atoms. The van der Waals surface area contributed by atoms with E-state index in [4.69, 9.17) is 4.74 Å². The third-order valence-electron chi connectivity index (χ3n) is 5.96. The van der Waals surface area contributed by atoms with Crippen LogP contribution in [0.25, 0.3) is 0 Å². The number of fused-ring (bicyclic) bond motifs is 1. The molecule has 1 atom stereocenters. The first-order chi connectivity index (χ1) is 15.8. The fourth-order valence-corrected chi connectivity index (χ4v) is 5.63. The first-order valence-corrected chi connectivity index (χ1v) is 12.7. The summed E-state index contributed by atoms with van der Waals surface area (Å²) in [5.41, 5.74) is 1.71. The molecule has 3 aliphatic rings. The summed E-state index contributed by atoms with van der Waals surface area (Å²) in [6.07, 6.45) is 1.55. The highest BCUT2D eigenvalue weighted by molar-refractivity contribution is 7.89. The molecule has 1 saturated heterocycles. The Morgan fingerprint density at radius 2 is 1.82 bits per heavy atom. The maximum atomic E-state index is 13.3. The van der Waals surface area contributed by atoms with E-state index in [1.165, 1.54) is 16.4 Å². The number of hydrogen-bond donors (Lipinski definition) is 0. The highest BCUT2D eigenvalue weighted by Gasteiger charge is 2.40. The highest BCUT2D eigenvalue weighted by atomic mass is 32.2. The molecule has 1 amide bonds. The van der Waals surface area contributed by atoms with Crippen LogP contribution in [0.3, 0.4) is 0 Å². The number of amides is 1. The predicted octanol–water partition coefficient (Wildman–Crippen LogP) is 1.22. The van der Waals surface area contributed by atoms with Gasteiger partial charge in [0.25, 0.3) is 5.91 Å². The van der Waals surface area contributed by atoms with Crippen LogP contribution in [-0.2, 0) is 14.8 Å². The minimum Gasteiger partial charge on any atom is -0.493 e. The first-order valence-electron chi connectivity index (χ1n) is 11.2. The van der Waals surface area contributed by atoms with E-state index in [-0.39, 0.29) is 16.6 Å². The highest BCUT2D eigenvalue weighted by Crippen LogP contribution is 2.29. The number of sulfonamides is 1. The Morgan fingerprint density at radius 3 is 2.48 bits per heavy atom. The maximum Gasteiger partial charge on any atom is 0.278 e. The van der Waals surface area contributed by atoms with Crippen LogP contribution in [0.15, 0.2) is 38.2 Å². The Bertz CT molecular complexity index is 1140. The fourth-order valence-electron chi connectivity index (χ4n) is 4.18. The van der Waals surface area contributed by atoms with Crippen LogP contribution in [0, 0.1) is 0 Å². The van der Waals surface area contributed by atoms with Crippen LogP contribution in [0.1, 0.15) is 32.3 Å². The van der Waals surface area contributed by atoms with Crippen LogP contribution in [0.4, 0.5) is 0 Å². The largest absolute Gasteiger partial charge is 0.493 e. The number of carbonyl (C=O) groups is 1. The second-order valence-corrected chi connectivity index (χ2v) is 10.3. The molecular weight excluding hydrogens is 444 g/mol. The van der Waals surface area contributed by atoms with Gasteiger partial charge in [0.05, 0.1) is 22.8 Å². The van der Waals surface area contributed by atoms with Gasteiger partial charge >= 0.3 is 0 Å². The van der Waals surface area contributed by atoms with Crippen molar-refractivity contribution >= 4 is 33.2 Å². The van der Waals surface area contributed by atoms with Crippen molar-refractivity contribution < 1.29 is 17.9 Å². The Labute approximate surface area is 194 Å². The molecule has 0 N–H and O–H groups in total. The van der Waals surface area contributed by atoms with E-state index in [0.29, 0.717) is 56.2 Å². The lowest BCUT2D eigenvalue weighted by Crippen LogP contribution is -2.47. The summed E-state index contributed by atoms with van der Waals surface area (Å²) >= 11 is 0. The molecule has 0 spiro atoms. The van der Waals surface area contributed by atoms with E-state index < -0.39 is 16.1 Å². The van der Waals surface area contributed by atoms with E-state index in [9.17, 15) is 13.2 Å². The number of amidine groups is 1. The Kier molecular flexibility index (Phi) is 6.64. The number of likely N-dealkylation sites (N-methyl/N-ethyl adjacent to an activating group) is 2. The summed E-state index contributed by atoms with van der Waals surface area (Å²) in [6, 6.07) is 4.03. The van der Waals surface area contributed by atoms with Crippen LogP contribution in [-0.4, -0.2) is 98.7 Å². The van der Waals surface area contributed by atoms with Gasteiger partial charge in [-0.15, -0.1) is 0 Å². The standard InChI is InChI=1S/C22H30N6O4S/c1-5-7-17-19-20(27(4)25-17)22(29)24-21(23-19)16-14-15(8-9-18(16)32-6-2)33(30,31)28-12-10-26(3)11-13-28/h8-9,14,20H,5-7,10-13H2,1-4H3. The van der Waals surface area contributed by atoms with Crippen molar-refractivity contribution in [3.8, 4) is 5.75 Å². The van der Waals surface area contributed by atoms with Gasteiger partial charge in [-0.25, -0.2) is 13.4 Å². The van der Waals surface area contributed by atoms with Gasteiger partial charge in [0, 0.05) is 33.2 Å². The van der Waals surface area contributed by atoms with Crippen LogP contribution in [0.2, 0.25) is 0 Å². The smallest absolute Gasteiger partial charge is 0.278 e. The predicted molar refractivity (Wildman–Crippen MR) is 127 cm³/mol. The monoisotopic (exact) mass is 474 g/mol. The maximum absolute atomic E-state index is 13.3. The zero-order chi connectivity index (χ0) is 23.8. The van der Waals surface area contributed by atoms with E-state index in [1.54, 1.807) is 18.1 Å². The SMILES string of the molecule is CCCC1=NN(C)C2C(=O)N=C(c3cc(S(=O)(=O)N4CCN(C)CC4)ccc3OCC)N=C12. The summed E-state index contributed by atoms with van der Waals surface area (Å²) in [7, 11) is -0.00212. The summed E-state index contributed by atoms with van der Waals surface area (Å²) in [4.78, 5) is 24.0. The van der Waals surface area contributed by atoms with Gasteiger partial charge in [-0.1, -0.05) is 13.3 Å². The average Bonchev–Trinajstić information content (AvgIpc) is 3.10. The molecule has 178 valence electrons. The van der Waals surface area contributed by atoms with Gasteiger partial charge in [0.2, 0.25) is 10.0 Å². The Hall–Kier alpha value is -2.63.